The van der Waals surface area contributed by atoms with Gasteiger partial charge in [0.15, 0.2) is 5.65 Å². The van der Waals surface area contributed by atoms with E-state index in [0.29, 0.717) is 12.2 Å². The van der Waals surface area contributed by atoms with Gasteiger partial charge in [-0.05, 0) is 12.1 Å². The average molecular weight is 240 g/mol. The van der Waals surface area contributed by atoms with Crippen LogP contribution in [0.2, 0.25) is 0 Å². The highest BCUT2D eigenvalue weighted by molar-refractivity contribution is 5.71. The minimum absolute atomic E-state index is 0.627. The fourth-order valence-electron chi connectivity index (χ4n) is 1.69. The molecule has 0 unspecified atom stereocenters. The summed E-state index contributed by atoms with van der Waals surface area (Å²) in [6.07, 6.45) is 6.98. The first kappa shape index (κ1) is 10.6. The number of nitrogens with one attached hydrogen (secondary N) is 1. The van der Waals surface area contributed by atoms with E-state index in [0.717, 1.165) is 17.2 Å². The van der Waals surface area contributed by atoms with Gasteiger partial charge in [0.2, 0.25) is 0 Å². The maximum absolute atomic E-state index is 4.38. The van der Waals surface area contributed by atoms with Gasteiger partial charge >= 0.3 is 0 Å². The van der Waals surface area contributed by atoms with Gasteiger partial charge in [-0.25, -0.2) is 15.0 Å². The maximum atomic E-state index is 4.38. The van der Waals surface area contributed by atoms with Crippen molar-refractivity contribution < 1.29 is 0 Å². The number of anilines is 1. The van der Waals surface area contributed by atoms with E-state index in [2.05, 4.69) is 25.3 Å². The molecule has 0 aliphatic rings. The van der Waals surface area contributed by atoms with Crippen LogP contribution in [0.1, 0.15) is 5.82 Å². The third-order valence-electron chi connectivity index (χ3n) is 2.68. The lowest BCUT2D eigenvalue weighted by atomic mass is 10.4. The second kappa shape index (κ2) is 4.40. The van der Waals surface area contributed by atoms with Gasteiger partial charge in [-0.2, -0.15) is 0 Å². The summed E-state index contributed by atoms with van der Waals surface area (Å²) in [7, 11) is 1.96. The van der Waals surface area contributed by atoms with Gasteiger partial charge in [0.05, 0.1) is 6.54 Å². The van der Waals surface area contributed by atoms with Crippen LogP contribution >= 0.6 is 0 Å². The molecule has 0 aliphatic carbocycles. The Morgan fingerprint density at radius 2 is 2.00 bits per heavy atom. The summed E-state index contributed by atoms with van der Waals surface area (Å²) >= 11 is 0. The number of fused-ring (bicyclic) bond motifs is 1. The van der Waals surface area contributed by atoms with Crippen LogP contribution in [-0.4, -0.2) is 24.5 Å². The second-order valence-corrected chi connectivity index (χ2v) is 3.90. The SMILES string of the molecule is Cn1ccnc1CNc1ccc2nccnc2n1. The van der Waals surface area contributed by atoms with Crippen LogP contribution < -0.4 is 5.32 Å². The van der Waals surface area contributed by atoms with E-state index >= 15 is 0 Å². The number of rotatable bonds is 3. The first-order valence-electron chi connectivity index (χ1n) is 5.61. The Labute approximate surface area is 104 Å². The summed E-state index contributed by atoms with van der Waals surface area (Å²) in [5.74, 6) is 1.72. The zero-order valence-corrected chi connectivity index (χ0v) is 9.91. The van der Waals surface area contributed by atoms with Crippen molar-refractivity contribution in [2.75, 3.05) is 5.32 Å². The van der Waals surface area contributed by atoms with Crippen LogP contribution in [0.15, 0.2) is 36.9 Å². The monoisotopic (exact) mass is 240 g/mol. The topological polar surface area (TPSA) is 68.5 Å². The van der Waals surface area contributed by atoms with E-state index in [1.54, 1.807) is 18.6 Å². The Kier molecular flexibility index (Phi) is 2.60. The summed E-state index contributed by atoms with van der Waals surface area (Å²) in [5, 5.41) is 3.22. The molecular formula is C12H12N6. The molecule has 0 fully saturated rings. The van der Waals surface area contributed by atoms with Gasteiger partial charge in [0.1, 0.15) is 17.2 Å². The largest absolute Gasteiger partial charge is 0.363 e. The Hall–Kier alpha value is -2.50. The lowest BCUT2D eigenvalue weighted by Gasteiger charge is -2.05. The normalized spacial score (nSPS) is 10.7. The summed E-state index contributed by atoms with van der Waals surface area (Å²) in [6, 6.07) is 3.79. The Morgan fingerprint density at radius 3 is 2.83 bits per heavy atom. The van der Waals surface area contributed by atoms with Crippen LogP contribution in [0.4, 0.5) is 5.82 Å². The van der Waals surface area contributed by atoms with E-state index in [4.69, 9.17) is 0 Å². The van der Waals surface area contributed by atoms with Crippen molar-refractivity contribution in [2.45, 2.75) is 6.54 Å². The number of pyridine rings is 1. The Balaban J connectivity index is 1.81. The van der Waals surface area contributed by atoms with Crippen molar-refractivity contribution in [1.29, 1.82) is 0 Å². The molecular weight excluding hydrogens is 228 g/mol. The smallest absolute Gasteiger partial charge is 0.180 e. The minimum atomic E-state index is 0.627. The van der Waals surface area contributed by atoms with Crippen molar-refractivity contribution in [1.82, 2.24) is 24.5 Å². The third kappa shape index (κ3) is 2.00. The molecule has 0 spiro atoms. The number of aromatic nitrogens is 5. The standard InChI is InChI=1S/C12H12N6/c1-18-7-6-14-11(18)8-16-10-3-2-9-12(17-10)15-5-4-13-9/h2-7H,8H2,1H3,(H,15,16,17). The molecule has 0 saturated heterocycles. The van der Waals surface area contributed by atoms with Gasteiger partial charge in [-0.15, -0.1) is 0 Å². The first-order chi connectivity index (χ1) is 8.83. The highest BCUT2D eigenvalue weighted by atomic mass is 15.1. The molecule has 0 bridgehead atoms. The van der Waals surface area contributed by atoms with Crippen molar-refractivity contribution in [3.63, 3.8) is 0 Å². The lowest BCUT2D eigenvalue weighted by Crippen LogP contribution is -2.06. The molecule has 3 rings (SSSR count). The molecule has 0 saturated carbocycles. The molecule has 0 aromatic carbocycles. The summed E-state index contributed by atoms with van der Waals surface area (Å²) in [6.45, 7) is 0.627. The fraction of sp³-hybridized carbons (Fsp3) is 0.167. The van der Waals surface area contributed by atoms with E-state index < -0.39 is 0 Å². The Bertz CT molecular complexity index is 675. The average Bonchev–Trinajstić information content (AvgIpc) is 2.82. The number of hydrogen-bond donors (Lipinski definition) is 1. The zero-order chi connectivity index (χ0) is 12.4. The van der Waals surface area contributed by atoms with Gasteiger partial charge in [0.25, 0.3) is 0 Å². The minimum Gasteiger partial charge on any atom is -0.363 e. The van der Waals surface area contributed by atoms with Crippen LogP contribution in [0.25, 0.3) is 11.2 Å². The van der Waals surface area contributed by atoms with Gasteiger partial charge in [-0.1, -0.05) is 0 Å². The fourth-order valence-corrected chi connectivity index (χ4v) is 1.69. The second-order valence-electron chi connectivity index (χ2n) is 3.90. The Morgan fingerprint density at radius 1 is 1.11 bits per heavy atom. The molecule has 0 aliphatic heterocycles. The third-order valence-corrected chi connectivity index (χ3v) is 2.68. The molecule has 1 N–H and O–H groups in total. The molecule has 3 aromatic heterocycles. The predicted molar refractivity (Wildman–Crippen MR) is 67.9 cm³/mol. The van der Waals surface area contributed by atoms with Crippen LogP contribution in [0.5, 0.6) is 0 Å². The summed E-state index contributed by atoms with van der Waals surface area (Å²) in [5.41, 5.74) is 1.43. The lowest BCUT2D eigenvalue weighted by molar-refractivity contribution is 0.811. The molecule has 0 radical (unpaired) electrons. The molecule has 6 heteroatoms. The van der Waals surface area contributed by atoms with Gasteiger partial charge in [0, 0.05) is 31.8 Å². The number of aryl methyl sites for hydroxylation is 1. The maximum Gasteiger partial charge on any atom is 0.180 e. The predicted octanol–water partition coefficient (Wildman–Crippen LogP) is 1.37. The van der Waals surface area contributed by atoms with E-state index in [9.17, 15) is 0 Å². The molecule has 0 amide bonds. The molecule has 18 heavy (non-hydrogen) atoms. The summed E-state index contributed by atoms with van der Waals surface area (Å²) in [4.78, 5) is 17.0. The first-order valence-corrected chi connectivity index (χ1v) is 5.61. The van der Waals surface area contributed by atoms with E-state index in [1.165, 1.54) is 0 Å². The molecule has 90 valence electrons. The highest BCUT2D eigenvalue weighted by Crippen LogP contribution is 2.10. The van der Waals surface area contributed by atoms with Crippen LogP contribution in [-0.2, 0) is 13.6 Å². The van der Waals surface area contributed by atoms with Crippen molar-refractivity contribution >= 4 is 17.0 Å². The molecule has 0 atom stereocenters. The van der Waals surface area contributed by atoms with Crippen molar-refractivity contribution in [3.05, 3.63) is 42.7 Å². The molecule has 6 nitrogen and oxygen atoms in total. The molecule has 3 aromatic rings. The highest BCUT2D eigenvalue weighted by Gasteiger charge is 2.02. The van der Waals surface area contributed by atoms with Crippen LogP contribution in [0, 0.1) is 0 Å². The van der Waals surface area contributed by atoms with Gasteiger partial charge < -0.3 is 9.88 Å². The van der Waals surface area contributed by atoms with Crippen molar-refractivity contribution in [2.24, 2.45) is 7.05 Å². The molecule has 3 heterocycles. The number of hydrogen-bond acceptors (Lipinski definition) is 5. The van der Waals surface area contributed by atoms with E-state index in [1.807, 2.05) is 29.9 Å². The van der Waals surface area contributed by atoms with Crippen LogP contribution in [0.3, 0.4) is 0 Å². The number of imidazole rings is 1. The quantitative estimate of drug-likeness (QED) is 0.748. The van der Waals surface area contributed by atoms with Crippen molar-refractivity contribution in [3.8, 4) is 0 Å². The summed E-state index contributed by atoms with van der Waals surface area (Å²) < 4.78 is 1.97. The zero-order valence-electron chi connectivity index (χ0n) is 9.91. The number of nitrogens with zero attached hydrogens (tertiary/aromatic N) is 5. The van der Waals surface area contributed by atoms with E-state index in [-0.39, 0.29) is 0 Å². The van der Waals surface area contributed by atoms with Gasteiger partial charge in [-0.3, -0.25) is 4.98 Å².